The molecule has 0 atom stereocenters. The number of anilines is 1. The molecule has 0 fully saturated rings. The fraction of sp³-hybridized carbons (Fsp3) is 0.318. The molecule has 0 N–H and O–H groups in total. The van der Waals surface area contributed by atoms with Gasteiger partial charge in [-0.3, -0.25) is 4.99 Å². The van der Waals surface area contributed by atoms with Gasteiger partial charge in [0.2, 0.25) is 0 Å². The van der Waals surface area contributed by atoms with E-state index in [2.05, 4.69) is 86.8 Å². The monoisotopic (exact) mass is 396 g/mol. The van der Waals surface area contributed by atoms with Crippen LogP contribution in [0.5, 0.6) is 0 Å². The van der Waals surface area contributed by atoms with Crippen LogP contribution in [0.4, 0.5) is 11.4 Å². The van der Waals surface area contributed by atoms with E-state index in [4.69, 9.17) is 4.99 Å². The molecule has 3 rings (SSSR count). The zero-order valence-electron chi connectivity index (χ0n) is 15.8. The molecule has 25 heavy (non-hydrogen) atoms. The van der Waals surface area contributed by atoms with Crippen LogP contribution in [-0.4, -0.2) is 18.8 Å². The van der Waals surface area contributed by atoms with E-state index in [-0.39, 0.29) is 5.54 Å². The van der Waals surface area contributed by atoms with Crippen LogP contribution in [0.1, 0.15) is 43.0 Å². The molecule has 1 heterocycles. The number of allylic oxidation sites excluding steroid dienone is 1. The van der Waals surface area contributed by atoms with Crippen molar-refractivity contribution in [2.75, 3.05) is 11.9 Å². The van der Waals surface area contributed by atoms with Gasteiger partial charge in [0.05, 0.1) is 11.2 Å². The lowest BCUT2D eigenvalue weighted by molar-refractivity contribution is 0.597. The Bertz CT molecular complexity index is 891. The topological polar surface area (TPSA) is 15.6 Å². The van der Waals surface area contributed by atoms with Gasteiger partial charge in [0.1, 0.15) is 0 Å². The molecule has 0 unspecified atom stereocenters. The van der Waals surface area contributed by atoms with E-state index in [1.54, 1.807) is 0 Å². The maximum absolute atomic E-state index is 4.72. The minimum Gasteiger partial charge on any atom is -0.365 e. The molecule has 0 aliphatic carbocycles. The Morgan fingerprint density at radius 2 is 1.76 bits per heavy atom. The Kier molecular flexibility index (Phi) is 4.63. The maximum Gasteiger partial charge on any atom is 0.0659 e. The Balaban J connectivity index is 2.02. The molecular weight excluding hydrogens is 372 g/mol. The molecule has 1 aliphatic rings. The molecule has 3 heteroatoms. The van der Waals surface area contributed by atoms with Crippen molar-refractivity contribution in [3.63, 3.8) is 0 Å². The van der Waals surface area contributed by atoms with Gasteiger partial charge < -0.3 is 4.90 Å². The van der Waals surface area contributed by atoms with Crippen molar-refractivity contribution in [3.8, 4) is 0 Å². The van der Waals surface area contributed by atoms with Crippen LogP contribution in [0.15, 0.2) is 45.9 Å². The Hall–Kier alpha value is -1.87. The third kappa shape index (κ3) is 3.43. The van der Waals surface area contributed by atoms with Crippen LogP contribution >= 0.6 is 15.9 Å². The van der Waals surface area contributed by atoms with Crippen LogP contribution in [-0.2, 0) is 0 Å². The fourth-order valence-electron chi connectivity index (χ4n) is 3.36. The molecule has 0 aromatic heterocycles. The fourth-order valence-corrected chi connectivity index (χ4v) is 3.84. The van der Waals surface area contributed by atoms with E-state index in [0.717, 1.165) is 10.2 Å². The molecule has 0 amide bonds. The molecule has 2 nitrogen and oxygen atoms in total. The highest BCUT2D eigenvalue weighted by Crippen LogP contribution is 2.39. The molecule has 0 bridgehead atoms. The molecule has 0 saturated carbocycles. The van der Waals surface area contributed by atoms with E-state index in [1.165, 1.54) is 33.5 Å². The maximum atomic E-state index is 4.72. The lowest BCUT2D eigenvalue weighted by Crippen LogP contribution is -2.42. The summed E-state index contributed by atoms with van der Waals surface area (Å²) >= 11 is 3.50. The number of likely N-dealkylation sites (N-methyl/N-ethyl adjacent to an activating group) is 1. The number of hydrogen-bond donors (Lipinski definition) is 0. The van der Waals surface area contributed by atoms with Crippen LogP contribution < -0.4 is 4.90 Å². The average Bonchev–Trinajstić information content (AvgIpc) is 2.52. The van der Waals surface area contributed by atoms with Gasteiger partial charge in [-0.2, -0.15) is 0 Å². The van der Waals surface area contributed by atoms with E-state index in [1.807, 2.05) is 18.3 Å². The summed E-state index contributed by atoms with van der Waals surface area (Å²) in [5.74, 6) is 0. The number of halogens is 1. The first kappa shape index (κ1) is 17.9. The van der Waals surface area contributed by atoms with Gasteiger partial charge in [-0.25, -0.2) is 0 Å². The number of rotatable bonds is 2. The molecule has 2 aromatic rings. The first-order valence-corrected chi connectivity index (χ1v) is 9.37. The van der Waals surface area contributed by atoms with Gasteiger partial charge >= 0.3 is 0 Å². The second-order valence-electron chi connectivity index (χ2n) is 7.45. The highest BCUT2D eigenvalue weighted by atomic mass is 79.9. The van der Waals surface area contributed by atoms with Crippen molar-refractivity contribution >= 4 is 39.1 Å². The summed E-state index contributed by atoms with van der Waals surface area (Å²) in [6, 6.07) is 10.7. The number of nitrogens with zero attached hydrogens (tertiary/aromatic N) is 2. The summed E-state index contributed by atoms with van der Waals surface area (Å²) in [4.78, 5) is 7.07. The minimum atomic E-state index is 0.0354. The molecule has 2 aromatic carbocycles. The van der Waals surface area contributed by atoms with E-state index in [0.29, 0.717) is 0 Å². The zero-order chi connectivity index (χ0) is 18.4. The van der Waals surface area contributed by atoms with Crippen LogP contribution in [0.25, 0.3) is 5.57 Å². The summed E-state index contributed by atoms with van der Waals surface area (Å²) in [5, 5.41) is 0. The highest BCUT2D eigenvalue weighted by molar-refractivity contribution is 9.10. The van der Waals surface area contributed by atoms with Crippen LogP contribution in [0.3, 0.4) is 0 Å². The van der Waals surface area contributed by atoms with Crippen molar-refractivity contribution in [2.24, 2.45) is 4.99 Å². The first-order chi connectivity index (χ1) is 11.7. The van der Waals surface area contributed by atoms with E-state index in [9.17, 15) is 0 Å². The minimum absolute atomic E-state index is 0.0354. The standard InChI is InChI=1S/C22H25BrN2/c1-14-10-21-19(16(3)12-22(4,5)25(21)6)11-17(14)13-24-20-8-7-18(23)9-15(20)2/h7-13H,1-6H3. The highest BCUT2D eigenvalue weighted by Gasteiger charge is 2.28. The summed E-state index contributed by atoms with van der Waals surface area (Å²) in [6.45, 7) is 10.9. The predicted molar refractivity (Wildman–Crippen MR) is 113 cm³/mol. The van der Waals surface area contributed by atoms with Crippen LogP contribution in [0.2, 0.25) is 0 Å². The third-order valence-corrected chi connectivity index (χ3v) is 5.60. The molecule has 0 radical (unpaired) electrons. The largest absolute Gasteiger partial charge is 0.365 e. The van der Waals surface area contributed by atoms with Crippen molar-refractivity contribution in [1.82, 2.24) is 0 Å². The Morgan fingerprint density at radius 3 is 2.44 bits per heavy atom. The number of aliphatic imine (C=N–C) groups is 1. The second kappa shape index (κ2) is 6.45. The summed E-state index contributed by atoms with van der Waals surface area (Å²) in [6.07, 6.45) is 4.32. The smallest absolute Gasteiger partial charge is 0.0659 e. The normalized spacial score (nSPS) is 16.1. The third-order valence-electron chi connectivity index (χ3n) is 5.11. The number of aryl methyl sites for hydroxylation is 2. The Labute approximate surface area is 159 Å². The molecule has 1 aliphatic heterocycles. The van der Waals surface area contributed by atoms with Crippen molar-refractivity contribution in [1.29, 1.82) is 0 Å². The number of hydrogen-bond acceptors (Lipinski definition) is 2. The van der Waals surface area contributed by atoms with Gasteiger partial charge in [-0.15, -0.1) is 0 Å². The number of benzene rings is 2. The summed E-state index contributed by atoms with van der Waals surface area (Å²) < 4.78 is 1.08. The second-order valence-corrected chi connectivity index (χ2v) is 8.37. The lowest BCUT2D eigenvalue weighted by Gasteiger charge is -2.41. The first-order valence-electron chi connectivity index (χ1n) is 8.57. The quantitative estimate of drug-likeness (QED) is 0.532. The molecular formula is C22H25BrN2. The van der Waals surface area contributed by atoms with Crippen molar-refractivity contribution in [3.05, 3.63) is 63.1 Å². The van der Waals surface area contributed by atoms with Gasteiger partial charge in [0.25, 0.3) is 0 Å². The van der Waals surface area contributed by atoms with Gasteiger partial charge in [0, 0.05) is 29.0 Å². The van der Waals surface area contributed by atoms with E-state index >= 15 is 0 Å². The zero-order valence-corrected chi connectivity index (χ0v) is 17.4. The van der Waals surface area contributed by atoms with Crippen LogP contribution in [0, 0.1) is 13.8 Å². The SMILES string of the molecule is CC1=CC(C)(C)N(C)c2cc(C)c(C=Nc3ccc(Br)cc3C)cc21. The lowest BCUT2D eigenvalue weighted by atomic mass is 9.87. The summed E-state index contributed by atoms with van der Waals surface area (Å²) in [7, 11) is 2.17. The van der Waals surface area contributed by atoms with Crippen molar-refractivity contribution < 1.29 is 0 Å². The molecule has 0 spiro atoms. The molecule has 130 valence electrons. The van der Waals surface area contributed by atoms with E-state index < -0.39 is 0 Å². The van der Waals surface area contributed by atoms with Gasteiger partial charge in [-0.1, -0.05) is 22.0 Å². The van der Waals surface area contributed by atoms with Crippen molar-refractivity contribution in [2.45, 2.75) is 40.2 Å². The Morgan fingerprint density at radius 1 is 1.04 bits per heavy atom. The molecule has 0 saturated heterocycles. The van der Waals surface area contributed by atoms with Gasteiger partial charge in [-0.05, 0) is 87.2 Å². The predicted octanol–water partition coefficient (Wildman–Crippen LogP) is 6.45. The summed E-state index contributed by atoms with van der Waals surface area (Å²) in [5.41, 5.74) is 8.53. The average molecular weight is 397 g/mol. The van der Waals surface area contributed by atoms with Gasteiger partial charge in [0.15, 0.2) is 0 Å². The number of fused-ring (bicyclic) bond motifs is 1.